The molecule has 0 saturated heterocycles. The Bertz CT molecular complexity index is 354. The molecule has 13 heavy (non-hydrogen) atoms. The number of hydrogen-bond donors (Lipinski definition) is 0. The van der Waals surface area contributed by atoms with Gasteiger partial charge in [0.15, 0.2) is 0 Å². The third kappa shape index (κ3) is 1.98. The van der Waals surface area contributed by atoms with Gasteiger partial charge in [-0.15, -0.1) is 0 Å². The molecule has 0 fully saturated rings. The lowest BCUT2D eigenvalue weighted by Crippen LogP contribution is -2.16. The van der Waals surface area contributed by atoms with E-state index in [1.165, 1.54) is 6.33 Å². The molecule has 0 aromatic carbocycles. The first-order valence-corrected chi connectivity index (χ1v) is 3.94. The monoisotopic (exact) mass is 177 g/mol. The normalized spacial score (nSPS) is 10.7. The first-order valence-electron chi connectivity index (χ1n) is 3.94. The van der Waals surface area contributed by atoms with Gasteiger partial charge in [-0.3, -0.25) is 0 Å². The van der Waals surface area contributed by atoms with Gasteiger partial charge in [-0.05, 0) is 20.8 Å². The predicted octanol–water partition coefficient (Wildman–Crippen LogP) is 1.36. The second-order valence-corrected chi connectivity index (χ2v) is 3.28. The molecule has 4 nitrogen and oxygen atoms in total. The van der Waals surface area contributed by atoms with E-state index >= 15 is 0 Å². The zero-order valence-corrected chi connectivity index (χ0v) is 7.90. The molecule has 68 valence electrons. The molecule has 0 unspecified atom stereocenters. The van der Waals surface area contributed by atoms with Crippen LogP contribution in [0.1, 0.15) is 25.1 Å². The van der Waals surface area contributed by atoms with Crippen LogP contribution in [0.25, 0.3) is 0 Å². The molecule has 0 aliphatic carbocycles. The van der Waals surface area contributed by atoms with Crippen molar-refractivity contribution < 1.29 is 4.79 Å². The second-order valence-electron chi connectivity index (χ2n) is 3.28. The maximum absolute atomic E-state index is 10.2. The van der Waals surface area contributed by atoms with Crippen molar-refractivity contribution in [2.24, 2.45) is 4.99 Å². The average Bonchev–Trinajstić information content (AvgIpc) is 2.04. The van der Waals surface area contributed by atoms with Crippen molar-refractivity contribution in [3.8, 4) is 0 Å². The highest BCUT2D eigenvalue weighted by molar-refractivity contribution is 5.37. The second kappa shape index (κ2) is 3.46. The minimum atomic E-state index is -0.590. The Kier molecular flexibility index (Phi) is 2.54. The minimum Gasteiger partial charge on any atom is -0.244 e. The van der Waals surface area contributed by atoms with Gasteiger partial charge in [0, 0.05) is 17.5 Å². The van der Waals surface area contributed by atoms with Gasteiger partial charge in [0.1, 0.15) is 6.33 Å². The van der Waals surface area contributed by atoms with Crippen LogP contribution >= 0.6 is 0 Å². The van der Waals surface area contributed by atoms with Crippen LogP contribution in [-0.2, 0) is 10.3 Å². The first kappa shape index (κ1) is 9.55. The lowest BCUT2D eigenvalue weighted by molar-refractivity contribution is 0.518. The Balaban J connectivity index is 3.21. The maximum Gasteiger partial charge on any atom is 0.235 e. The summed E-state index contributed by atoms with van der Waals surface area (Å²) < 4.78 is 0. The summed E-state index contributed by atoms with van der Waals surface area (Å²) in [6.07, 6.45) is 4.69. The molecule has 0 aliphatic rings. The molecule has 0 radical (unpaired) electrons. The van der Waals surface area contributed by atoms with Crippen LogP contribution in [0.15, 0.2) is 17.5 Å². The van der Waals surface area contributed by atoms with Crippen molar-refractivity contribution in [3.05, 3.63) is 23.8 Å². The highest BCUT2D eigenvalue weighted by Gasteiger charge is 2.22. The summed E-state index contributed by atoms with van der Waals surface area (Å²) in [5.74, 6) is 0. The number of aliphatic imine (C=N–C) groups is 1. The molecule has 4 heteroatoms. The third-order valence-corrected chi connectivity index (χ3v) is 1.90. The standard InChI is InChI=1S/C9H11N3O/c1-7-8(4-10-5-11-7)9(2,3)12-6-13/h4-5H,1-3H3. The van der Waals surface area contributed by atoms with Crippen LogP contribution in [-0.4, -0.2) is 16.0 Å². The van der Waals surface area contributed by atoms with Crippen molar-refractivity contribution >= 4 is 6.08 Å². The first-order chi connectivity index (χ1) is 6.08. The molecule has 1 aromatic heterocycles. The Morgan fingerprint density at radius 3 is 2.77 bits per heavy atom. The molecular formula is C9H11N3O. The Labute approximate surface area is 76.8 Å². The van der Waals surface area contributed by atoms with Gasteiger partial charge < -0.3 is 0 Å². The fraction of sp³-hybridized carbons (Fsp3) is 0.444. The average molecular weight is 177 g/mol. The number of rotatable bonds is 2. The molecule has 0 aliphatic heterocycles. The zero-order valence-electron chi connectivity index (χ0n) is 7.90. The summed E-state index contributed by atoms with van der Waals surface area (Å²) in [5.41, 5.74) is 1.09. The van der Waals surface area contributed by atoms with Crippen LogP contribution < -0.4 is 0 Å². The van der Waals surface area contributed by atoms with Crippen LogP contribution in [0.5, 0.6) is 0 Å². The van der Waals surface area contributed by atoms with Crippen molar-refractivity contribution in [2.45, 2.75) is 26.3 Å². The Morgan fingerprint density at radius 1 is 1.54 bits per heavy atom. The molecule has 1 rings (SSSR count). The van der Waals surface area contributed by atoms with Gasteiger partial charge in [0.05, 0.1) is 5.54 Å². The Morgan fingerprint density at radius 2 is 2.23 bits per heavy atom. The van der Waals surface area contributed by atoms with Crippen LogP contribution in [0.4, 0.5) is 0 Å². The highest BCUT2D eigenvalue weighted by Crippen LogP contribution is 2.24. The highest BCUT2D eigenvalue weighted by atomic mass is 16.1. The largest absolute Gasteiger partial charge is 0.244 e. The van der Waals surface area contributed by atoms with Gasteiger partial charge in [0.25, 0.3) is 0 Å². The number of nitrogens with zero attached hydrogens (tertiary/aromatic N) is 3. The molecule has 0 bridgehead atoms. The quantitative estimate of drug-likeness (QED) is 0.506. The number of aromatic nitrogens is 2. The minimum absolute atomic E-state index is 0.590. The fourth-order valence-corrected chi connectivity index (χ4v) is 1.17. The summed E-state index contributed by atoms with van der Waals surface area (Å²) in [5, 5.41) is 0. The van der Waals surface area contributed by atoms with E-state index in [1.54, 1.807) is 12.3 Å². The lowest BCUT2D eigenvalue weighted by Gasteiger charge is -2.18. The molecule has 0 saturated carbocycles. The predicted molar refractivity (Wildman–Crippen MR) is 47.9 cm³/mol. The third-order valence-electron chi connectivity index (χ3n) is 1.90. The molecular weight excluding hydrogens is 166 g/mol. The summed E-state index contributed by atoms with van der Waals surface area (Å²) >= 11 is 0. The molecule has 0 atom stereocenters. The number of aryl methyl sites for hydroxylation is 1. The van der Waals surface area contributed by atoms with Gasteiger partial charge in [-0.2, -0.15) is 4.99 Å². The summed E-state index contributed by atoms with van der Waals surface area (Å²) in [7, 11) is 0. The Hall–Kier alpha value is -1.54. The SMILES string of the molecule is Cc1ncncc1C(C)(C)N=C=O. The van der Waals surface area contributed by atoms with Gasteiger partial charge in [0.2, 0.25) is 6.08 Å². The molecule has 0 spiro atoms. The summed E-state index contributed by atoms with van der Waals surface area (Å²) in [6.45, 7) is 5.51. The van der Waals surface area contributed by atoms with E-state index in [9.17, 15) is 4.79 Å². The number of carbonyl (C=O) groups excluding carboxylic acids is 1. The van der Waals surface area contributed by atoms with Crippen molar-refractivity contribution in [3.63, 3.8) is 0 Å². The van der Waals surface area contributed by atoms with Gasteiger partial charge >= 0.3 is 0 Å². The molecule has 1 heterocycles. The smallest absolute Gasteiger partial charge is 0.235 e. The van der Waals surface area contributed by atoms with Gasteiger partial charge in [-0.1, -0.05) is 0 Å². The fourth-order valence-electron chi connectivity index (χ4n) is 1.17. The van der Waals surface area contributed by atoms with E-state index in [2.05, 4.69) is 15.0 Å². The van der Waals surface area contributed by atoms with E-state index in [-0.39, 0.29) is 0 Å². The summed E-state index contributed by atoms with van der Waals surface area (Å²) in [4.78, 5) is 21.8. The van der Waals surface area contributed by atoms with Gasteiger partial charge in [-0.25, -0.2) is 14.8 Å². The van der Waals surface area contributed by atoms with E-state index in [0.717, 1.165) is 11.3 Å². The number of hydrogen-bond acceptors (Lipinski definition) is 4. The van der Waals surface area contributed by atoms with E-state index in [4.69, 9.17) is 0 Å². The van der Waals surface area contributed by atoms with E-state index in [1.807, 2.05) is 20.8 Å². The van der Waals surface area contributed by atoms with Crippen molar-refractivity contribution in [1.82, 2.24) is 9.97 Å². The van der Waals surface area contributed by atoms with E-state index < -0.39 is 5.54 Å². The zero-order chi connectivity index (χ0) is 9.90. The molecule has 0 amide bonds. The summed E-state index contributed by atoms with van der Waals surface area (Å²) in [6, 6.07) is 0. The molecule has 1 aromatic rings. The van der Waals surface area contributed by atoms with Crippen LogP contribution in [0.3, 0.4) is 0 Å². The van der Waals surface area contributed by atoms with Crippen molar-refractivity contribution in [2.75, 3.05) is 0 Å². The topological polar surface area (TPSA) is 55.2 Å². The van der Waals surface area contributed by atoms with E-state index in [0.29, 0.717) is 0 Å². The molecule has 0 N–H and O–H groups in total. The maximum atomic E-state index is 10.2. The van der Waals surface area contributed by atoms with Crippen LogP contribution in [0.2, 0.25) is 0 Å². The van der Waals surface area contributed by atoms with Crippen molar-refractivity contribution in [1.29, 1.82) is 0 Å². The number of isocyanates is 1. The van der Waals surface area contributed by atoms with Crippen LogP contribution in [0, 0.1) is 6.92 Å². The lowest BCUT2D eigenvalue weighted by atomic mass is 9.95.